The summed E-state index contributed by atoms with van der Waals surface area (Å²) in [7, 11) is 0. The number of alkyl halides is 1. The Labute approximate surface area is 96.5 Å². The normalized spacial score (nSPS) is 25.7. The van der Waals surface area contributed by atoms with Crippen molar-refractivity contribution in [2.45, 2.75) is 32.0 Å². The fourth-order valence-electron chi connectivity index (χ4n) is 2.09. The van der Waals surface area contributed by atoms with Crippen molar-refractivity contribution in [3.8, 4) is 0 Å². The fraction of sp³-hybridized carbons (Fsp3) is 0.500. The van der Waals surface area contributed by atoms with Gasteiger partial charge in [0.1, 0.15) is 6.17 Å². The molecule has 2 unspecified atom stereocenters. The van der Waals surface area contributed by atoms with Crippen molar-refractivity contribution in [2.75, 3.05) is 6.54 Å². The topological polar surface area (TPSA) is 12.0 Å². The number of hydrogen-bond acceptors (Lipinski definition) is 1. The minimum Gasteiger partial charge on any atom is -0.310 e. The molecule has 3 heteroatoms. The highest BCUT2D eigenvalue weighted by Crippen LogP contribution is 2.26. The first-order chi connectivity index (χ1) is 6.77. The summed E-state index contributed by atoms with van der Waals surface area (Å²) in [6.07, 6.45) is 0.633. The highest BCUT2D eigenvalue weighted by atomic mass is 35.5. The van der Waals surface area contributed by atoms with Gasteiger partial charge in [-0.25, -0.2) is 4.39 Å². The summed E-state index contributed by atoms with van der Waals surface area (Å²) in [5, 5.41) is 3.37. The average molecular weight is 230 g/mol. The molecular formula is C12H17ClFN. The minimum atomic E-state index is -0.638. The van der Waals surface area contributed by atoms with Gasteiger partial charge >= 0.3 is 0 Å². The molecule has 1 nitrogen and oxygen atoms in total. The predicted molar refractivity (Wildman–Crippen MR) is 63.3 cm³/mol. The van der Waals surface area contributed by atoms with Crippen LogP contribution in [0, 0.1) is 6.92 Å². The van der Waals surface area contributed by atoms with Gasteiger partial charge in [0.05, 0.1) is 0 Å². The number of nitrogens with one attached hydrogen (secondary N) is 1. The van der Waals surface area contributed by atoms with Crippen LogP contribution in [-0.2, 0) is 0 Å². The number of piperidine rings is 1. The lowest BCUT2D eigenvalue weighted by molar-refractivity contribution is 0.223. The highest BCUT2D eigenvalue weighted by molar-refractivity contribution is 5.85. The Bertz CT molecular complexity index is 316. The lowest BCUT2D eigenvalue weighted by atomic mass is 9.93. The molecule has 0 amide bonds. The Morgan fingerprint density at radius 1 is 1.33 bits per heavy atom. The van der Waals surface area contributed by atoms with Crippen molar-refractivity contribution in [3.05, 3.63) is 35.4 Å². The smallest absolute Gasteiger partial charge is 0.103 e. The van der Waals surface area contributed by atoms with Gasteiger partial charge in [-0.15, -0.1) is 12.4 Å². The van der Waals surface area contributed by atoms with E-state index in [1.807, 2.05) is 12.1 Å². The van der Waals surface area contributed by atoms with Gasteiger partial charge in [0.2, 0.25) is 0 Å². The van der Waals surface area contributed by atoms with Gasteiger partial charge in [-0.3, -0.25) is 0 Å². The van der Waals surface area contributed by atoms with Crippen LogP contribution >= 0.6 is 12.4 Å². The summed E-state index contributed by atoms with van der Waals surface area (Å²) in [4.78, 5) is 0. The third kappa shape index (κ3) is 2.93. The third-order valence-electron chi connectivity index (χ3n) is 2.90. The van der Waals surface area contributed by atoms with E-state index < -0.39 is 6.17 Å². The number of rotatable bonds is 1. The number of benzene rings is 1. The van der Waals surface area contributed by atoms with Gasteiger partial charge in [0.15, 0.2) is 0 Å². The molecule has 0 radical (unpaired) electrons. The molecule has 1 aliphatic heterocycles. The molecule has 2 atom stereocenters. The standard InChI is InChI=1S/C12H16FN.ClH/c1-9-4-2-3-5-11(9)12-8-10(13)6-7-14-12;/h2-5,10,12,14H,6-8H2,1H3;1H. The molecule has 84 valence electrons. The zero-order chi connectivity index (χ0) is 9.97. The maximum atomic E-state index is 13.2. The van der Waals surface area contributed by atoms with Gasteiger partial charge < -0.3 is 5.32 Å². The van der Waals surface area contributed by atoms with Crippen molar-refractivity contribution in [1.82, 2.24) is 5.32 Å². The number of aryl methyl sites for hydroxylation is 1. The van der Waals surface area contributed by atoms with E-state index in [1.165, 1.54) is 11.1 Å². The molecular weight excluding hydrogens is 213 g/mol. The second-order valence-corrected chi connectivity index (χ2v) is 3.98. The second kappa shape index (κ2) is 5.47. The minimum absolute atomic E-state index is 0. The maximum Gasteiger partial charge on any atom is 0.103 e. The number of halogens is 2. The Hall–Kier alpha value is -0.600. The second-order valence-electron chi connectivity index (χ2n) is 3.98. The Balaban J connectivity index is 0.00000112. The SMILES string of the molecule is Cc1ccccc1C1CC(F)CCN1.Cl. The van der Waals surface area contributed by atoms with Crippen LogP contribution in [0.3, 0.4) is 0 Å². The summed E-state index contributed by atoms with van der Waals surface area (Å²) in [5.74, 6) is 0. The quantitative estimate of drug-likeness (QED) is 0.780. The lowest BCUT2D eigenvalue weighted by Gasteiger charge is -2.27. The van der Waals surface area contributed by atoms with E-state index in [0.717, 1.165) is 6.54 Å². The molecule has 0 bridgehead atoms. The first kappa shape index (κ1) is 12.5. The van der Waals surface area contributed by atoms with Crippen LogP contribution in [0.25, 0.3) is 0 Å². The summed E-state index contributed by atoms with van der Waals surface area (Å²) >= 11 is 0. The van der Waals surface area contributed by atoms with E-state index in [2.05, 4.69) is 24.4 Å². The van der Waals surface area contributed by atoms with E-state index in [4.69, 9.17) is 0 Å². The van der Waals surface area contributed by atoms with Crippen LogP contribution in [0.1, 0.15) is 30.0 Å². The van der Waals surface area contributed by atoms with Crippen LogP contribution in [0.2, 0.25) is 0 Å². The molecule has 1 heterocycles. The molecule has 0 aliphatic carbocycles. The van der Waals surface area contributed by atoms with E-state index in [0.29, 0.717) is 12.8 Å². The summed E-state index contributed by atoms with van der Waals surface area (Å²) in [6.45, 7) is 2.87. The molecule has 1 aliphatic rings. The van der Waals surface area contributed by atoms with Gasteiger partial charge in [0.25, 0.3) is 0 Å². The summed E-state index contributed by atoms with van der Waals surface area (Å²) in [5.41, 5.74) is 2.49. The maximum absolute atomic E-state index is 13.2. The van der Waals surface area contributed by atoms with Gasteiger partial charge in [-0.2, -0.15) is 0 Å². The zero-order valence-corrected chi connectivity index (χ0v) is 9.69. The van der Waals surface area contributed by atoms with E-state index in [-0.39, 0.29) is 18.4 Å². The van der Waals surface area contributed by atoms with Crippen LogP contribution in [-0.4, -0.2) is 12.7 Å². The molecule has 15 heavy (non-hydrogen) atoms. The molecule has 0 saturated carbocycles. The number of hydrogen-bond donors (Lipinski definition) is 1. The van der Waals surface area contributed by atoms with Crippen molar-refractivity contribution in [3.63, 3.8) is 0 Å². The molecule has 1 saturated heterocycles. The Morgan fingerprint density at radius 3 is 2.73 bits per heavy atom. The summed E-state index contributed by atoms with van der Waals surface area (Å²) in [6, 6.07) is 8.42. The van der Waals surface area contributed by atoms with Crippen LogP contribution in [0.15, 0.2) is 24.3 Å². The van der Waals surface area contributed by atoms with Crippen molar-refractivity contribution in [2.24, 2.45) is 0 Å². The van der Waals surface area contributed by atoms with Crippen molar-refractivity contribution in [1.29, 1.82) is 0 Å². The van der Waals surface area contributed by atoms with E-state index in [1.54, 1.807) is 0 Å². The van der Waals surface area contributed by atoms with Crippen LogP contribution < -0.4 is 5.32 Å². The first-order valence-electron chi connectivity index (χ1n) is 5.20. The molecule has 2 rings (SSSR count). The van der Waals surface area contributed by atoms with Crippen molar-refractivity contribution < 1.29 is 4.39 Å². The van der Waals surface area contributed by atoms with Crippen molar-refractivity contribution >= 4 is 12.4 Å². The molecule has 0 aromatic heterocycles. The Morgan fingerprint density at radius 2 is 2.07 bits per heavy atom. The van der Waals surface area contributed by atoms with Gasteiger partial charge in [-0.05, 0) is 37.4 Å². The molecule has 0 spiro atoms. The zero-order valence-electron chi connectivity index (χ0n) is 8.87. The summed E-state index contributed by atoms with van der Waals surface area (Å²) < 4.78 is 13.2. The van der Waals surface area contributed by atoms with E-state index >= 15 is 0 Å². The van der Waals surface area contributed by atoms with Crippen LogP contribution in [0.4, 0.5) is 4.39 Å². The first-order valence-corrected chi connectivity index (χ1v) is 5.20. The van der Waals surface area contributed by atoms with Gasteiger partial charge in [-0.1, -0.05) is 24.3 Å². The Kier molecular flexibility index (Phi) is 4.55. The molecule has 1 aromatic carbocycles. The predicted octanol–water partition coefficient (Wildman–Crippen LogP) is 3.18. The largest absolute Gasteiger partial charge is 0.310 e. The molecule has 1 fully saturated rings. The monoisotopic (exact) mass is 229 g/mol. The average Bonchev–Trinajstić information content (AvgIpc) is 2.18. The fourth-order valence-corrected chi connectivity index (χ4v) is 2.09. The lowest BCUT2D eigenvalue weighted by Crippen LogP contribution is -2.32. The van der Waals surface area contributed by atoms with Gasteiger partial charge in [0, 0.05) is 6.04 Å². The van der Waals surface area contributed by atoms with E-state index in [9.17, 15) is 4.39 Å². The highest BCUT2D eigenvalue weighted by Gasteiger charge is 2.22. The van der Waals surface area contributed by atoms with Crippen LogP contribution in [0.5, 0.6) is 0 Å². The third-order valence-corrected chi connectivity index (χ3v) is 2.90. The molecule has 1 N–H and O–H groups in total. The molecule has 1 aromatic rings.